The second-order valence-corrected chi connectivity index (χ2v) is 35.7. The summed E-state index contributed by atoms with van der Waals surface area (Å²) in [4.78, 5) is 44.6. The number of aromatic nitrogens is 9. The third-order valence-corrected chi connectivity index (χ3v) is 27.0. The second kappa shape index (κ2) is 38.3. The monoisotopic (exact) mass is 1800 g/mol. The van der Waals surface area contributed by atoms with Crippen molar-refractivity contribution in [2.75, 3.05) is 0 Å². The van der Waals surface area contributed by atoms with Crippen molar-refractivity contribution in [1.82, 2.24) is 44.9 Å². The standard InChI is InChI=1S/2C46H31N3.C40H27N3/c1-5-15-31(16-6-1)37-28-40(32-17-7-2-8-18-32)43-30-42-38(25-14-26-39(42)41(43)29-37)35-23-13-24-36(27-35)46-48-44(33-19-9-3-10-20-33)47-45(49-46)34-21-11-4-12-22-34;1-4-13-31(14-5-1)34-19-10-20-35(27-34)36-25-26-38-30-43-40(23-12-24-41(43)42(38)29-36)37-21-11-22-39(28-37)46-48-44(32-15-6-2-7-16-32)47-45(49-46)33-17-8-3-9-18-33;1-4-11-27(12-5-1)28-19-21-29(22-20-28)32-23-24-33-26-37-34(36(33)25-32)17-10-18-35(37)40-42-38(30-13-6-2-7-14-30)41-39(43-40)31-15-8-3-9-16-31/h2*1-29H,30H2;1-25H,26H2. The number of benzene rings is 20. The first kappa shape index (κ1) is 85.4. The predicted molar refractivity (Wildman–Crippen MR) is 577 cm³/mol. The highest BCUT2D eigenvalue weighted by Gasteiger charge is 2.30. The zero-order valence-electron chi connectivity index (χ0n) is 77.1. The molecule has 0 fully saturated rings. The molecule has 0 saturated carbocycles. The minimum atomic E-state index is 0.657. The Morgan fingerprint density at radius 1 is 0.0993 bits per heavy atom. The van der Waals surface area contributed by atoms with Gasteiger partial charge in [0.2, 0.25) is 0 Å². The Bertz CT molecular complexity index is 8380. The van der Waals surface area contributed by atoms with Crippen LogP contribution in [0.2, 0.25) is 0 Å². The number of nitrogens with zero attached hydrogens (tertiary/aromatic N) is 9. The highest BCUT2D eigenvalue weighted by molar-refractivity contribution is 5.95. The molecule has 23 aromatic rings. The Hall–Kier alpha value is -18.6. The summed E-state index contributed by atoms with van der Waals surface area (Å²) in [7, 11) is 0. The molecule has 3 heterocycles. The van der Waals surface area contributed by atoms with Gasteiger partial charge >= 0.3 is 0 Å². The Balaban J connectivity index is 0.000000115. The van der Waals surface area contributed by atoms with Gasteiger partial charge < -0.3 is 0 Å². The van der Waals surface area contributed by atoms with Gasteiger partial charge in [0.25, 0.3) is 0 Å². The normalized spacial score (nSPS) is 11.6. The van der Waals surface area contributed by atoms with Crippen molar-refractivity contribution in [2.45, 2.75) is 19.3 Å². The molecule has 0 atom stereocenters. The lowest BCUT2D eigenvalue weighted by Gasteiger charge is -2.13. The maximum absolute atomic E-state index is 5.02. The molecule has 0 bridgehead atoms. The molecule has 26 rings (SSSR count). The minimum Gasteiger partial charge on any atom is -0.208 e. The van der Waals surface area contributed by atoms with Crippen molar-refractivity contribution < 1.29 is 0 Å². The maximum atomic E-state index is 5.02. The first-order valence-corrected chi connectivity index (χ1v) is 47.9. The van der Waals surface area contributed by atoms with Gasteiger partial charge in [-0.05, 0) is 218 Å². The van der Waals surface area contributed by atoms with Crippen LogP contribution >= 0.6 is 0 Å². The van der Waals surface area contributed by atoms with Crippen LogP contribution in [-0.4, -0.2) is 44.9 Å². The summed E-state index contributed by atoms with van der Waals surface area (Å²) in [5.41, 5.74) is 44.1. The zero-order chi connectivity index (χ0) is 93.7. The second-order valence-electron chi connectivity index (χ2n) is 35.7. The first-order valence-electron chi connectivity index (χ1n) is 47.9. The van der Waals surface area contributed by atoms with E-state index >= 15 is 0 Å². The zero-order valence-corrected chi connectivity index (χ0v) is 77.1. The van der Waals surface area contributed by atoms with Gasteiger partial charge in [-0.15, -0.1) is 0 Å². The molecule has 0 amide bonds. The molecule has 20 aromatic carbocycles. The molecule has 9 nitrogen and oxygen atoms in total. The van der Waals surface area contributed by atoms with Crippen molar-refractivity contribution in [3.63, 3.8) is 0 Å². The van der Waals surface area contributed by atoms with Crippen molar-refractivity contribution >= 4 is 0 Å². The van der Waals surface area contributed by atoms with E-state index in [0.29, 0.717) is 52.4 Å². The molecule has 0 N–H and O–H groups in total. The Kier molecular flexibility index (Phi) is 23.2. The summed E-state index contributed by atoms with van der Waals surface area (Å²) in [6, 6.07) is 177. The minimum absolute atomic E-state index is 0.657. The molecule has 0 radical (unpaired) electrons. The van der Waals surface area contributed by atoms with Gasteiger partial charge in [-0.3, -0.25) is 0 Å². The average molecular weight is 1800 g/mol. The van der Waals surface area contributed by atoms with Gasteiger partial charge in [0.15, 0.2) is 52.4 Å². The van der Waals surface area contributed by atoms with E-state index in [-0.39, 0.29) is 0 Å². The average Bonchev–Trinajstić information content (AvgIpc) is 1.57. The molecule has 0 saturated heterocycles. The van der Waals surface area contributed by atoms with E-state index in [2.05, 4.69) is 322 Å². The molecule has 141 heavy (non-hydrogen) atoms. The van der Waals surface area contributed by atoms with E-state index in [9.17, 15) is 0 Å². The van der Waals surface area contributed by atoms with E-state index in [0.717, 1.165) is 80.5 Å². The summed E-state index contributed by atoms with van der Waals surface area (Å²) in [6.07, 6.45) is 2.62. The molecule has 3 aliphatic rings. The van der Waals surface area contributed by atoms with E-state index in [1.165, 1.54) is 145 Å². The van der Waals surface area contributed by atoms with Gasteiger partial charge in [0, 0.05) is 50.1 Å². The van der Waals surface area contributed by atoms with Crippen molar-refractivity contribution in [1.29, 1.82) is 0 Å². The summed E-state index contributed by atoms with van der Waals surface area (Å²) in [5, 5.41) is 0. The highest BCUT2D eigenvalue weighted by Crippen LogP contribution is 2.50. The van der Waals surface area contributed by atoms with Crippen LogP contribution in [0.5, 0.6) is 0 Å². The fourth-order valence-corrected chi connectivity index (χ4v) is 19.9. The predicted octanol–water partition coefficient (Wildman–Crippen LogP) is 32.7. The summed E-state index contributed by atoms with van der Waals surface area (Å²) < 4.78 is 0. The smallest absolute Gasteiger partial charge is 0.164 e. The van der Waals surface area contributed by atoms with Gasteiger partial charge in [-0.1, -0.05) is 461 Å². The SMILES string of the molecule is c1ccc(-c2cc(-c3ccccc3)c3c(c2)-c2cccc(-c4cccc(-c5nc(-c6ccccc6)nc(-c6ccccc6)n5)c4)c2C3)cc1.c1ccc(-c2ccc(-c3ccc4c(c3)-c3cccc(-c5nc(-c6ccccc6)nc(-c6ccccc6)n5)c3C4)cc2)cc1.c1ccc(-c2cccc(-c3ccc4c(c3)-c3cccc(-c5cccc(-c6nc(-c7ccccc7)nc(-c7ccccc7)n6)c5)c3C4)c2)cc1. The quantitative estimate of drug-likeness (QED) is 0.0879. The molecular weight excluding hydrogens is 1710 g/mol. The van der Waals surface area contributed by atoms with Crippen LogP contribution in [0.4, 0.5) is 0 Å². The summed E-state index contributed by atoms with van der Waals surface area (Å²) in [6.45, 7) is 0. The van der Waals surface area contributed by atoms with Crippen LogP contribution < -0.4 is 0 Å². The molecule has 9 heteroatoms. The lowest BCUT2D eigenvalue weighted by Crippen LogP contribution is -2.01. The fourth-order valence-electron chi connectivity index (χ4n) is 19.9. The van der Waals surface area contributed by atoms with Crippen molar-refractivity contribution in [3.05, 3.63) is 537 Å². The third kappa shape index (κ3) is 17.6. The van der Waals surface area contributed by atoms with Gasteiger partial charge in [0.1, 0.15) is 0 Å². The molecule has 0 aliphatic heterocycles. The molecular formula is C132H89N9. The van der Waals surface area contributed by atoms with Crippen LogP contribution in [-0.2, 0) is 19.3 Å². The molecule has 0 spiro atoms. The number of hydrogen-bond donors (Lipinski definition) is 0. The van der Waals surface area contributed by atoms with E-state index in [1.807, 2.05) is 182 Å². The summed E-state index contributed by atoms with van der Waals surface area (Å²) in [5.74, 6) is 6.03. The van der Waals surface area contributed by atoms with Crippen LogP contribution in [0.3, 0.4) is 0 Å². The van der Waals surface area contributed by atoms with E-state index in [4.69, 9.17) is 44.9 Å². The fraction of sp³-hybridized carbons (Fsp3) is 0.0227. The van der Waals surface area contributed by atoms with Crippen molar-refractivity contribution in [2.24, 2.45) is 0 Å². The lowest BCUT2D eigenvalue weighted by atomic mass is 9.91. The topological polar surface area (TPSA) is 116 Å². The van der Waals surface area contributed by atoms with E-state index < -0.39 is 0 Å². The molecule has 0 unspecified atom stereocenters. The van der Waals surface area contributed by atoms with Gasteiger partial charge in [0.05, 0.1) is 0 Å². The highest BCUT2D eigenvalue weighted by atomic mass is 15.1. The van der Waals surface area contributed by atoms with Crippen LogP contribution in [0.25, 0.3) is 225 Å². The van der Waals surface area contributed by atoms with Gasteiger partial charge in [-0.2, -0.15) is 0 Å². The number of hydrogen-bond acceptors (Lipinski definition) is 9. The van der Waals surface area contributed by atoms with Crippen LogP contribution in [0.1, 0.15) is 33.4 Å². The van der Waals surface area contributed by atoms with Gasteiger partial charge in [-0.25, -0.2) is 44.9 Å². The first-order chi connectivity index (χ1) is 69.8. The number of fused-ring (bicyclic) bond motifs is 9. The molecule has 3 aromatic heterocycles. The Morgan fingerprint density at radius 3 is 0.688 bits per heavy atom. The largest absolute Gasteiger partial charge is 0.208 e. The Labute approximate surface area is 820 Å². The van der Waals surface area contributed by atoms with Crippen LogP contribution in [0.15, 0.2) is 504 Å². The molecule has 662 valence electrons. The lowest BCUT2D eigenvalue weighted by molar-refractivity contribution is 1.07. The Morgan fingerprint density at radius 2 is 0.305 bits per heavy atom. The summed E-state index contributed by atoms with van der Waals surface area (Å²) >= 11 is 0. The molecule has 3 aliphatic carbocycles. The third-order valence-electron chi connectivity index (χ3n) is 27.0. The van der Waals surface area contributed by atoms with E-state index in [1.54, 1.807) is 0 Å². The van der Waals surface area contributed by atoms with Crippen LogP contribution in [0, 0.1) is 0 Å². The van der Waals surface area contributed by atoms with Crippen molar-refractivity contribution in [3.8, 4) is 225 Å². The maximum Gasteiger partial charge on any atom is 0.164 e. The number of rotatable bonds is 17.